The summed E-state index contributed by atoms with van der Waals surface area (Å²) in [5.41, 5.74) is 4.32. The third-order valence-electron chi connectivity index (χ3n) is 7.44. The second-order valence-electron chi connectivity index (χ2n) is 9.44. The lowest BCUT2D eigenvalue weighted by Crippen LogP contribution is -2.33. The van der Waals surface area contributed by atoms with Crippen molar-refractivity contribution < 1.29 is 23.8 Å². The van der Waals surface area contributed by atoms with Gasteiger partial charge in [-0.3, -0.25) is 0 Å². The lowest BCUT2D eigenvalue weighted by Gasteiger charge is -2.37. The van der Waals surface area contributed by atoms with E-state index >= 15 is 0 Å². The Labute approximate surface area is 226 Å². The van der Waals surface area contributed by atoms with Gasteiger partial charge in [-0.15, -0.1) is 0 Å². The quantitative estimate of drug-likeness (QED) is 0.286. The molecule has 0 amide bonds. The Kier molecular flexibility index (Phi) is 5.99. The predicted octanol–water partition coefficient (Wildman–Crippen LogP) is 6.63. The number of anilines is 3. The molecule has 0 saturated heterocycles. The molecule has 196 valence electrons. The summed E-state index contributed by atoms with van der Waals surface area (Å²) in [7, 11) is 1.36. The van der Waals surface area contributed by atoms with E-state index in [1.165, 1.54) is 7.11 Å². The smallest absolute Gasteiger partial charge is 0.340 e. The van der Waals surface area contributed by atoms with Crippen molar-refractivity contribution in [3.8, 4) is 11.5 Å². The molecule has 0 bridgehead atoms. The van der Waals surface area contributed by atoms with Gasteiger partial charge in [0.2, 0.25) is 0 Å². The maximum Gasteiger partial charge on any atom is 0.340 e. The van der Waals surface area contributed by atoms with Gasteiger partial charge in [0.05, 0.1) is 23.9 Å². The number of hydrogen-bond acceptors (Lipinski definition) is 7. The first kappa shape index (κ1) is 24.6. The average Bonchev–Trinajstić information content (AvgIpc) is 3.26. The fraction of sp³-hybridized carbons (Fsp3) is 0.188. The van der Waals surface area contributed by atoms with Crippen LogP contribution in [0.5, 0.6) is 11.5 Å². The highest BCUT2D eigenvalue weighted by molar-refractivity contribution is 5.98. The molecule has 1 spiro atoms. The number of hydrogen-bond donors (Lipinski definition) is 1. The Morgan fingerprint density at radius 3 is 2.44 bits per heavy atom. The van der Waals surface area contributed by atoms with E-state index in [4.69, 9.17) is 14.2 Å². The first-order chi connectivity index (χ1) is 19.0. The summed E-state index contributed by atoms with van der Waals surface area (Å²) in [6.07, 6.45) is 0. The van der Waals surface area contributed by atoms with Gasteiger partial charge in [-0.1, -0.05) is 30.3 Å². The van der Waals surface area contributed by atoms with Crippen LogP contribution in [0.25, 0.3) is 0 Å². The Bertz CT molecular complexity index is 1610. The lowest BCUT2D eigenvalue weighted by molar-refractivity contribution is 0.0224. The van der Waals surface area contributed by atoms with Crippen molar-refractivity contribution in [3.05, 3.63) is 113 Å². The van der Waals surface area contributed by atoms with Crippen LogP contribution in [0.4, 0.5) is 17.1 Å². The van der Waals surface area contributed by atoms with Crippen molar-refractivity contribution in [1.82, 2.24) is 0 Å². The van der Waals surface area contributed by atoms with Crippen LogP contribution in [-0.4, -0.2) is 32.1 Å². The maximum absolute atomic E-state index is 13.2. The summed E-state index contributed by atoms with van der Waals surface area (Å²) in [6.45, 7) is 5.94. The van der Waals surface area contributed by atoms with Crippen LogP contribution < -0.4 is 15.0 Å². The van der Waals surface area contributed by atoms with Gasteiger partial charge in [-0.25, -0.2) is 9.59 Å². The van der Waals surface area contributed by atoms with Gasteiger partial charge in [0.25, 0.3) is 0 Å². The monoisotopic (exact) mass is 520 g/mol. The first-order valence-corrected chi connectivity index (χ1v) is 13.0. The topological polar surface area (TPSA) is 77.1 Å². The molecule has 4 aromatic rings. The van der Waals surface area contributed by atoms with Crippen molar-refractivity contribution >= 4 is 29.0 Å². The minimum absolute atomic E-state index is 0.383. The zero-order valence-corrected chi connectivity index (χ0v) is 22.0. The van der Waals surface area contributed by atoms with E-state index in [0.717, 1.165) is 29.9 Å². The fourth-order valence-electron chi connectivity index (χ4n) is 5.56. The summed E-state index contributed by atoms with van der Waals surface area (Å²) in [5.74, 6) is 0.419. The molecule has 0 aliphatic carbocycles. The van der Waals surface area contributed by atoms with E-state index in [-0.39, 0.29) is 5.97 Å². The molecule has 0 fully saturated rings. The van der Waals surface area contributed by atoms with Gasteiger partial charge < -0.3 is 24.4 Å². The van der Waals surface area contributed by atoms with E-state index in [9.17, 15) is 9.59 Å². The zero-order valence-electron chi connectivity index (χ0n) is 22.0. The second-order valence-corrected chi connectivity index (χ2v) is 9.44. The zero-order chi connectivity index (χ0) is 27.1. The maximum atomic E-state index is 13.2. The van der Waals surface area contributed by atoms with E-state index < -0.39 is 11.6 Å². The molecule has 1 atom stereocenters. The molecule has 2 aliphatic rings. The number of para-hydroxylation sites is 1. The van der Waals surface area contributed by atoms with E-state index in [1.807, 2.05) is 66.7 Å². The van der Waals surface area contributed by atoms with Crippen molar-refractivity contribution in [3.63, 3.8) is 0 Å². The number of carbonyl (C=O) groups is 2. The molecule has 2 heterocycles. The summed E-state index contributed by atoms with van der Waals surface area (Å²) in [5, 5.41) is 3.34. The fourth-order valence-corrected chi connectivity index (χ4v) is 5.56. The van der Waals surface area contributed by atoms with Gasteiger partial charge in [-0.05, 0) is 62.4 Å². The number of carbonyl (C=O) groups excluding carboxylic acids is 2. The summed E-state index contributed by atoms with van der Waals surface area (Å²) >= 11 is 0. The number of nitrogens with zero attached hydrogens (tertiary/aromatic N) is 1. The summed E-state index contributed by atoms with van der Waals surface area (Å²) in [6, 6.07) is 26.3. The van der Waals surface area contributed by atoms with Crippen molar-refractivity contribution in [2.45, 2.75) is 19.4 Å². The number of ether oxygens (including phenoxy) is 3. The first-order valence-electron chi connectivity index (χ1n) is 13.0. The molecule has 1 N–H and O–H groups in total. The van der Waals surface area contributed by atoms with Crippen molar-refractivity contribution in [2.24, 2.45) is 0 Å². The standard InChI is InChI=1S/C32H28N2O5/c1-4-34(5-2)21-15-16-25-29(19-21)38-28-17-14-20(33-27-13-9-7-11-23(27)30(35)37-3)18-26(28)32(25)24-12-8-6-10-22(24)31(36)39-32/h6-19,33H,4-5H2,1-3H3. The van der Waals surface area contributed by atoms with Crippen LogP contribution in [0, 0.1) is 0 Å². The highest BCUT2D eigenvalue weighted by Gasteiger charge is 2.53. The van der Waals surface area contributed by atoms with Gasteiger partial charge in [0, 0.05) is 47.2 Å². The molecule has 4 aromatic carbocycles. The number of nitrogens with one attached hydrogen (secondary N) is 1. The average molecular weight is 521 g/mol. The van der Waals surface area contributed by atoms with Crippen LogP contribution in [0.3, 0.4) is 0 Å². The Balaban J connectivity index is 1.52. The molecule has 2 aliphatic heterocycles. The third kappa shape index (κ3) is 3.81. The normalized spacial score (nSPS) is 16.4. The molecule has 7 nitrogen and oxygen atoms in total. The van der Waals surface area contributed by atoms with E-state index in [2.05, 4.69) is 24.1 Å². The SMILES string of the molecule is CCN(CC)c1ccc2c(c1)Oc1ccc(Nc3ccccc3C(=O)OC)cc1C21OC(=O)c2ccccc21. The van der Waals surface area contributed by atoms with Crippen LogP contribution in [-0.2, 0) is 15.1 Å². The second kappa shape index (κ2) is 9.51. The Hall–Kier alpha value is -4.78. The Morgan fingerprint density at radius 2 is 1.64 bits per heavy atom. The van der Waals surface area contributed by atoms with E-state index in [1.54, 1.807) is 18.2 Å². The molecule has 39 heavy (non-hydrogen) atoms. The number of esters is 2. The molecular formula is C32H28N2O5. The number of fused-ring (bicyclic) bond motifs is 6. The number of methoxy groups -OCH3 is 1. The summed E-state index contributed by atoms with van der Waals surface area (Å²) < 4.78 is 17.7. The molecule has 7 heteroatoms. The minimum Gasteiger partial charge on any atom is -0.465 e. The van der Waals surface area contributed by atoms with Gasteiger partial charge in [0.15, 0.2) is 5.60 Å². The molecule has 1 unspecified atom stereocenters. The number of benzene rings is 4. The number of rotatable bonds is 6. The van der Waals surface area contributed by atoms with Crippen molar-refractivity contribution in [2.75, 3.05) is 30.4 Å². The van der Waals surface area contributed by atoms with Crippen LogP contribution in [0.1, 0.15) is 51.3 Å². The minimum atomic E-state index is -1.18. The van der Waals surface area contributed by atoms with Crippen LogP contribution in [0.2, 0.25) is 0 Å². The van der Waals surface area contributed by atoms with E-state index in [0.29, 0.717) is 39.6 Å². The summed E-state index contributed by atoms with van der Waals surface area (Å²) in [4.78, 5) is 27.8. The lowest BCUT2D eigenvalue weighted by atomic mass is 9.77. The predicted molar refractivity (Wildman–Crippen MR) is 149 cm³/mol. The molecule has 0 radical (unpaired) electrons. The highest BCUT2D eigenvalue weighted by atomic mass is 16.6. The highest BCUT2D eigenvalue weighted by Crippen LogP contribution is 2.57. The molecular weight excluding hydrogens is 492 g/mol. The third-order valence-corrected chi connectivity index (χ3v) is 7.44. The largest absolute Gasteiger partial charge is 0.465 e. The molecule has 0 aromatic heterocycles. The van der Waals surface area contributed by atoms with Gasteiger partial charge in [-0.2, -0.15) is 0 Å². The van der Waals surface area contributed by atoms with Crippen LogP contribution >= 0.6 is 0 Å². The molecule has 6 rings (SSSR count). The van der Waals surface area contributed by atoms with Gasteiger partial charge in [0.1, 0.15) is 11.5 Å². The Morgan fingerprint density at radius 1 is 0.872 bits per heavy atom. The van der Waals surface area contributed by atoms with Crippen LogP contribution in [0.15, 0.2) is 84.9 Å². The van der Waals surface area contributed by atoms with Gasteiger partial charge >= 0.3 is 11.9 Å². The van der Waals surface area contributed by atoms with Crippen molar-refractivity contribution in [1.29, 1.82) is 0 Å². The molecule has 0 saturated carbocycles.